The minimum absolute atomic E-state index is 0.127. The average Bonchev–Trinajstić information content (AvgIpc) is 2.70. The first kappa shape index (κ1) is 19.1. The smallest absolute Gasteiger partial charge is 0.127 e. The van der Waals surface area contributed by atoms with Gasteiger partial charge in [-0.1, -0.05) is 99.2 Å². The molecule has 0 N–H and O–H groups in total. The van der Waals surface area contributed by atoms with Crippen LogP contribution in [0.4, 0.5) is 4.39 Å². The van der Waals surface area contributed by atoms with Gasteiger partial charge in [-0.2, -0.15) is 0 Å². The summed E-state index contributed by atoms with van der Waals surface area (Å²) in [5.74, 6) is 0.168. The van der Waals surface area contributed by atoms with Crippen molar-refractivity contribution in [3.05, 3.63) is 106 Å². The predicted octanol–water partition coefficient (Wildman–Crippen LogP) is 7.29. The molecule has 0 nitrogen and oxygen atoms in total. The fraction of sp³-hybridized carbons (Fsp3) is 0.231. The Labute approximate surface area is 162 Å². The lowest BCUT2D eigenvalue weighted by Gasteiger charge is -2.13. The molecule has 0 unspecified atom stereocenters. The molecule has 0 aliphatic carbocycles. The first-order valence-corrected chi connectivity index (χ1v) is 9.76. The fourth-order valence-corrected chi connectivity index (χ4v) is 3.34. The molecular weight excluding hydrogens is 331 g/mol. The van der Waals surface area contributed by atoms with E-state index in [1.165, 1.54) is 11.1 Å². The van der Waals surface area contributed by atoms with Crippen molar-refractivity contribution >= 4 is 12.2 Å². The van der Waals surface area contributed by atoms with Crippen LogP contribution >= 0.6 is 0 Å². The molecule has 0 heterocycles. The largest absolute Gasteiger partial charge is 0.207 e. The Bertz CT molecular complexity index is 876. The summed E-state index contributed by atoms with van der Waals surface area (Å²) in [6.07, 6.45) is 6.99. The maximum atomic E-state index is 14.6. The lowest BCUT2D eigenvalue weighted by atomic mass is 9.93. The van der Waals surface area contributed by atoms with Gasteiger partial charge in [-0.05, 0) is 52.6 Å². The highest BCUT2D eigenvalue weighted by molar-refractivity contribution is 5.69. The lowest BCUT2D eigenvalue weighted by Crippen LogP contribution is -2.00. The van der Waals surface area contributed by atoms with Gasteiger partial charge in [-0.3, -0.25) is 0 Å². The molecule has 1 heteroatoms. The zero-order chi connectivity index (χ0) is 19.1. The molecule has 0 spiro atoms. The molecule has 3 aromatic carbocycles. The van der Waals surface area contributed by atoms with Gasteiger partial charge in [0.15, 0.2) is 0 Å². The van der Waals surface area contributed by atoms with E-state index in [0.29, 0.717) is 12.3 Å². The van der Waals surface area contributed by atoms with E-state index in [-0.39, 0.29) is 5.82 Å². The van der Waals surface area contributed by atoms with Crippen LogP contribution < -0.4 is 0 Å². The van der Waals surface area contributed by atoms with Crippen LogP contribution in [0.1, 0.15) is 54.0 Å². The Morgan fingerprint density at radius 2 is 1.52 bits per heavy atom. The molecule has 3 aromatic rings. The summed E-state index contributed by atoms with van der Waals surface area (Å²) in [5, 5.41) is 0. The van der Waals surface area contributed by atoms with E-state index in [0.717, 1.165) is 29.5 Å². The quantitative estimate of drug-likeness (QED) is 0.389. The van der Waals surface area contributed by atoms with Crippen molar-refractivity contribution in [2.24, 2.45) is 0 Å². The number of aryl methyl sites for hydroxylation is 1. The third kappa shape index (κ3) is 5.40. The standard InChI is InChI=1S/C26H27F/c1-3-7-21-10-12-22(13-11-21)14-15-23-16-17-25(26(27)19-23)18-20(2)24-8-5-4-6-9-24/h4-6,8-17,19-20H,3,7,18H2,1-2H3/t20-/m0/s1. The van der Waals surface area contributed by atoms with E-state index in [1.807, 2.05) is 42.5 Å². The van der Waals surface area contributed by atoms with Gasteiger partial charge in [0.2, 0.25) is 0 Å². The molecule has 0 aliphatic rings. The van der Waals surface area contributed by atoms with Gasteiger partial charge in [0.25, 0.3) is 0 Å². The van der Waals surface area contributed by atoms with Crippen LogP contribution in [0, 0.1) is 5.82 Å². The minimum Gasteiger partial charge on any atom is -0.207 e. The summed E-state index contributed by atoms with van der Waals surface area (Å²) < 4.78 is 14.6. The number of rotatable bonds is 7. The number of benzene rings is 3. The van der Waals surface area contributed by atoms with Crippen molar-refractivity contribution < 1.29 is 4.39 Å². The number of hydrogen-bond donors (Lipinski definition) is 0. The van der Waals surface area contributed by atoms with Crippen LogP contribution in [-0.2, 0) is 12.8 Å². The van der Waals surface area contributed by atoms with E-state index in [4.69, 9.17) is 0 Å². The van der Waals surface area contributed by atoms with Crippen LogP contribution in [0.2, 0.25) is 0 Å². The SMILES string of the molecule is CCCc1ccc(C=Cc2ccc(C[C@H](C)c3ccccc3)c(F)c2)cc1. The van der Waals surface area contributed by atoms with Gasteiger partial charge in [0.1, 0.15) is 5.82 Å². The van der Waals surface area contributed by atoms with Gasteiger partial charge < -0.3 is 0 Å². The van der Waals surface area contributed by atoms with Crippen LogP contribution in [0.15, 0.2) is 72.8 Å². The molecule has 27 heavy (non-hydrogen) atoms. The predicted molar refractivity (Wildman–Crippen MR) is 114 cm³/mol. The number of halogens is 1. The summed E-state index contributed by atoms with van der Waals surface area (Å²) in [6, 6.07) is 24.4. The van der Waals surface area contributed by atoms with Crippen molar-refractivity contribution in [1.82, 2.24) is 0 Å². The van der Waals surface area contributed by atoms with Crippen molar-refractivity contribution in [2.75, 3.05) is 0 Å². The van der Waals surface area contributed by atoms with E-state index in [9.17, 15) is 4.39 Å². The van der Waals surface area contributed by atoms with Gasteiger partial charge >= 0.3 is 0 Å². The highest BCUT2D eigenvalue weighted by Gasteiger charge is 2.10. The molecular formula is C26H27F. The van der Waals surface area contributed by atoms with Crippen LogP contribution in [0.5, 0.6) is 0 Å². The maximum Gasteiger partial charge on any atom is 0.127 e. The van der Waals surface area contributed by atoms with Crippen molar-refractivity contribution in [2.45, 2.75) is 39.0 Å². The van der Waals surface area contributed by atoms with Crippen LogP contribution in [-0.4, -0.2) is 0 Å². The minimum atomic E-state index is -0.127. The second-order valence-electron chi connectivity index (χ2n) is 7.19. The van der Waals surface area contributed by atoms with Crippen LogP contribution in [0.3, 0.4) is 0 Å². The van der Waals surface area contributed by atoms with E-state index in [1.54, 1.807) is 6.07 Å². The molecule has 0 saturated heterocycles. The van der Waals surface area contributed by atoms with E-state index >= 15 is 0 Å². The summed E-state index contributed by atoms with van der Waals surface area (Å²) in [4.78, 5) is 0. The summed E-state index contributed by atoms with van der Waals surface area (Å²) in [7, 11) is 0. The molecule has 0 bridgehead atoms. The third-order valence-electron chi connectivity index (χ3n) is 4.96. The molecule has 0 aliphatic heterocycles. The maximum absolute atomic E-state index is 14.6. The Kier molecular flexibility index (Phi) is 6.59. The zero-order valence-corrected chi connectivity index (χ0v) is 16.2. The van der Waals surface area contributed by atoms with Crippen molar-refractivity contribution in [3.8, 4) is 0 Å². The van der Waals surface area contributed by atoms with E-state index in [2.05, 4.69) is 50.2 Å². The summed E-state index contributed by atoms with van der Waals surface area (Å²) in [5.41, 5.74) is 5.40. The topological polar surface area (TPSA) is 0 Å². The van der Waals surface area contributed by atoms with Crippen LogP contribution in [0.25, 0.3) is 12.2 Å². The monoisotopic (exact) mass is 358 g/mol. The second kappa shape index (κ2) is 9.32. The molecule has 0 amide bonds. The Hall–Kier alpha value is -2.67. The zero-order valence-electron chi connectivity index (χ0n) is 16.2. The van der Waals surface area contributed by atoms with E-state index < -0.39 is 0 Å². The molecule has 0 aromatic heterocycles. The summed E-state index contributed by atoms with van der Waals surface area (Å²) >= 11 is 0. The van der Waals surface area contributed by atoms with Gasteiger partial charge in [-0.15, -0.1) is 0 Å². The molecule has 0 fully saturated rings. The summed E-state index contributed by atoms with van der Waals surface area (Å²) in [6.45, 7) is 4.33. The molecule has 3 rings (SSSR count). The van der Waals surface area contributed by atoms with Gasteiger partial charge in [0, 0.05) is 0 Å². The Balaban J connectivity index is 1.67. The highest BCUT2D eigenvalue weighted by atomic mass is 19.1. The molecule has 138 valence electrons. The number of hydrogen-bond acceptors (Lipinski definition) is 0. The molecule has 0 radical (unpaired) electrons. The second-order valence-corrected chi connectivity index (χ2v) is 7.19. The van der Waals surface area contributed by atoms with Crippen molar-refractivity contribution in [1.29, 1.82) is 0 Å². The molecule has 1 atom stereocenters. The highest BCUT2D eigenvalue weighted by Crippen LogP contribution is 2.23. The Morgan fingerprint density at radius 1 is 0.852 bits per heavy atom. The average molecular weight is 358 g/mol. The Morgan fingerprint density at radius 3 is 2.19 bits per heavy atom. The van der Waals surface area contributed by atoms with Gasteiger partial charge in [0.05, 0.1) is 0 Å². The lowest BCUT2D eigenvalue weighted by molar-refractivity contribution is 0.597. The van der Waals surface area contributed by atoms with Crippen molar-refractivity contribution in [3.63, 3.8) is 0 Å². The first-order chi connectivity index (χ1) is 13.2. The van der Waals surface area contributed by atoms with Gasteiger partial charge in [-0.25, -0.2) is 4.39 Å². The normalized spacial score (nSPS) is 12.4. The first-order valence-electron chi connectivity index (χ1n) is 9.76. The fourth-order valence-electron chi connectivity index (χ4n) is 3.34. The molecule has 0 saturated carbocycles. The third-order valence-corrected chi connectivity index (χ3v) is 4.96.